The summed E-state index contributed by atoms with van der Waals surface area (Å²) in [5.41, 5.74) is 0.0339. The van der Waals surface area contributed by atoms with Crippen molar-refractivity contribution in [3.05, 3.63) is 58.5 Å². The molecule has 0 unspecified atom stereocenters. The molecular formula is C23H25F2N3O4. The van der Waals surface area contributed by atoms with Gasteiger partial charge in [0.25, 0.3) is 11.5 Å². The van der Waals surface area contributed by atoms with Crippen LogP contribution in [0.3, 0.4) is 0 Å². The summed E-state index contributed by atoms with van der Waals surface area (Å²) in [5, 5.41) is 7.76. The molecule has 0 aliphatic carbocycles. The van der Waals surface area contributed by atoms with Crippen molar-refractivity contribution in [2.24, 2.45) is 0 Å². The van der Waals surface area contributed by atoms with Crippen LogP contribution in [0.1, 0.15) is 43.1 Å². The van der Waals surface area contributed by atoms with Crippen molar-refractivity contribution in [2.45, 2.75) is 45.8 Å². The van der Waals surface area contributed by atoms with Gasteiger partial charge in [0, 0.05) is 23.7 Å². The number of aromatic nitrogens is 2. The molecule has 0 bridgehead atoms. The van der Waals surface area contributed by atoms with E-state index in [9.17, 15) is 18.4 Å². The van der Waals surface area contributed by atoms with E-state index in [4.69, 9.17) is 4.74 Å². The monoisotopic (exact) mass is 445 g/mol. The van der Waals surface area contributed by atoms with Gasteiger partial charge in [0.15, 0.2) is 17.2 Å². The highest BCUT2D eigenvalue weighted by molar-refractivity contribution is 6.11. The van der Waals surface area contributed by atoms with Gasteiger partial charge in [-0.3, -0.25) is 9.59 Å². The molecule has 2 aromatic carbocycles. The van der Waals surface area contributed by atoms with Gasteiger partial charge in [0.2, 0.25) is 0 Å². The van der Waals surface area contributed by atoms with Crippen molar-refractivity contribution in [2.75, 3.05) is 12.4 Å². The number of methoxy groups -OCH3 is 1. The Balaban J connectivity index is 1.93. The molecule has 7 nitrogen and oxygen atoms in total. The molecule has 3 rings (SSSR count). The first-order chi connectivity index (χ1) is 15.4. The molecule has 0 spiro atoms. The summed E-state index contributed by atoms with van der Waals surface area (Å²) in [5.74, 6) is -0.678. The maximum atomic E-state index is 13.0. The molecule has 1 N–H and O–H groups in total. The predicted molar refractivity (Wildman–Crippen MR) is 118 cm³/mol. The lowest BCUT2D eigenvalue weighted by Crippen LogP contribution is -2.27. The average molecular weight is 445 g/mol. The molecule has 1 amide bonds. The van der Waals surface area contributed by atoms with Gasteiger partial charge in [-0.2, -0.15) is 13.9 Å². The van der Waals surface area contributed by atoms with E-state index in [0.29, 0.717) is 17.3 Å². The molecule has 0 aliphatic heterocycles. The molecule has 0 aliphatic rings. The number of halogens is 2. The molecule has 0 atom stereocenters. The Morgan fingerprint density at radius 3 is 2.53 bits per heavy atom. The zero-order chi connectivity index (χ0) is 23.1. The van der Waals surface area contributed by atoms with Gasteiger partial charge in [-0.05, 0) is 24.6 Å². The number of aryl methyl sites for hydroxylation is 1. The number of fused-ring (bicyclic) bond motifs is 1. The Morgan fingerprint density at radius 2 is 1.84 bits per heavy atom. The van der Waals surface area contributed by atoms with Gasteiger partial charge < -0.3 is 14.8 Å². The predicted octanol–water partition coefficient (Wildman–Crippen LogP) is 4.84. The third-order valence-electron chi connectivity index (χ3n) is 4.94. The SMILES string of the molecule is CCCCCCn1nc(C(=O)Nc2ccc(OC)c(OC(F)F)c2)c2ccccc2c1=O. The maximum Gasteiger partial charge on any atom is 0.387 e. The highest BCUT2D eigenvalue weighted by Gasteiger charge is 2.18. The fourth-order valence-electron chi connectivity index (χ4n) is 3.38. The number of carbonyl (C=O) groups is 1. The second kappa shape index (κ2) is 10.7. The van der Waals surface area contributed by atoms with Crippen molar-refractivity contribution >= 4 is 22.4 Å². The zero-order valence-corrected chi connectivity index (χ0v) is 17.9. The number of alkyl halides is 2. The molecule has 0 saturated carbocycles. The lowest BCUT2D eigenvalue weighted by atomic mass is 10.1. The molecule has 32 heavy (non-hydrogen) atoms. The van der Waals surface area contributed by atoms with Crippen LogP contribution in [0.2, 0.25) is 0 Å². The van der Waals surface area contributed by atoms with E-state index in [1.54, 1.807) is 24.3 Å². The first kappa shape index (κ1) is 23.2. The van der Waals surface area contributed by atoms with E-state index in [-0.39, 0.29) is 28.4 Å². The van der Waals surface area contributed by atoms with Gasteiger partial charge in [-0.15, -0.1) is 0 Å². The summed E-state index contributed by atoms with van der Waals surface area (Å²) in [4.78, 5) is 25.9. The fraction of sp³-hybridized carbons (Fsp3) is 0.348. The number of amides is 1. The number of hydrogen-bond acceptors (Lipinski definition) is 5. The normalized spacial score (nSPS) is 11.0. The van der Waals surface area contributed by atoms with E-state index >= 15 is 0 Å². The fourth-order valence-corrected chi connectivity index (χ4v) is 3.38. The molecule has 1 heterocycles. The number of anilines is 1. The van der Waals surface area contributed by atoms with Crippen LogP contribution in [0, 0.1) is 0 Å². The number of carbonyl (C=O) groups excluding carboxylic acids is 1. The Morgan fingerprint density at radius 1 is 1.09 bits per heavy atom. The molecule has 1 aromatic heterocycles. The molecule has 170 valence electrons. The van der Waals surface area contributed by atoms with Crippen molar-refractivity contribution in [3.63, 3.8) is 0 Å². The van der Waals surface area contributed by atoms with Crippen molar-refractivity contribution in [3.8, 4) is 11.5 Å². The van der Waals surface area contributed by atoms with Crippen LogP contribution >= 0.6 is 0 Å². The first-order valence-electron chi connectivity index (χ1n) is 10.4. The summed E-state index contributed by atoms with van der Waals surface area (Å²) in [7, 11) is 1.33. The van der Waals surface area contributed by atoms with E-state index in [2.05, 4.69) is 22.1 Å². The highest BCUT2D eigenvalue weighted by Crippen LogP contribution is 2.31. The number of nitrogens with one attached hydrogen (secondary N) is 1. The topological polar surface area (TPSA) is 82.5 Å². The Kier molecular flexibility index (Phi) is 7.75. The third-order valence-corrected chi connectivity index (χ3v) is 4.94. The molecule has 0 saturated heterocycles. The number of ether oxygens (including phenoxy) is 2. The van der Waals surface area contributed by atoms with Crippen molar-refractivity contribution < 1.29 is 23.0 Å². The lowest BCUT2D eigenvalue weighted by molar-refractivity contribution is -0.0511. The molecule has 3 aromatic rings. The van der Waals surface area contributed by atoms with Crippen LogP contribution in [0.4, 0.5) is 14.5 Å². The van der Waals surface area contributed by atoms with E-state index < -0.39 is 12.5 Å². The second-order valence-electron chi connectivity index (χ2n) is 7.18. The van der Waals surface area contributed by atoms with Gasteiger partial charge in [-0.25, -0.2) is 4.68 Å². The average Bonchev–Trinajstić information content (AvgIpc) is 2.78. The van der Waals surface area contributed by atoms with Crippen LogP contribution in [-0.4, -0.2) is 29.4 Å². The zero-order valence-electron chi connectivity index (χ0n) is 17.9. The van der Waals surface area contributed by atoms with Crippen LogP contribution in [0.25, 0.3) is 10.8 Å². The van der Waals surface area contributed by atoms with Gasteiger partial charge in [-0.1, -0.05) is 44.4 Å². The highest BCUT2D eigenvalue weighted by atomic mass is 19.3. The number of benzene rings is 2. The standard InChI is InChI=1S/C23H25F2N3O4/c1-3-4-5-8-13-28-22(30)17-10-7-6-9-16(17)20(27-28)21(29)26-15-11-12-18(31-2)19(14-15)32-23(24)25/h6-7,9-12,14,23H,3-5,8,13H2,1-2H3,(H,26,29). The van der Waals surface area contributed by atoms with E-state index in [0.717, 1.165) is 25.7 Å². The largest absolute Gasteiger partial charge is 0.493 e. The van der Waals surface area contributed by atoms with Gasteiger partial charge in [0.05, 0.1) is 12.5 Å². The van der Waals surface area contributed by atoms with Crippen molar-refractivity contribution in [1.82, 2.24) is 9.78 Å². The second-order valence-corrected chi connectivity index (χ2v) is 7.18. The van der Waals surface area contributed by atoms with Crippen LogP contribution in [0.5, 0.6) is 11.5 Å². The minimum atomic E-state index is -3.04. The summed E-state index contributed by atoms with van der Waals surface area (Å²) in [6, 6.07) is 10.9. The molecule has 0 radical (unpaired) electrons. The Labute approximate surface area is 184 Å². The third kappa shape index (κ3) is 5.40. The summed E-state index contributed by atoms with van der Waals surface area (Å²) in [6.45, 7) is -0.546. The summed E-state index contributed by atoms with van der Waals surface area (Å²) < 4.78 is 36.2. The number of hydrogen-bond donors (Lipinski definition) is 1. The van der Waals surface area contributed by atoms with E-state index in [1.165, 1.54) is 30.0 Å². The minimum absolute atomic E-state index is 0.0721. The van der Waals surface area contributed by atoms with E-state index in [1.807, 2.05) is 0 Å². The molecule has 9 heteroatoms. The summed E-state index contributed by atoms with van der Waals surface area (Å²) >= 11 is 0. The number of unbranched alkanes of at least 4 members (excludes halogenated alkanes) is 3. The Hall–Kier alpha value is -3.49. The van der Waals surface area contributed by atoms with Gasteiger partial charge in [0.1, 0.15) is 0 Å². The maximum absolute atomic E-state index is 13.0. The van der Waals surface area contributed by atoms with Crippen LogP contribution in [-0.2, 0) is 6.54 Å². The molecular weight excluding hydrogens is 420 g/mol. The summed E-state index contributed by atoms with van der Waals surface area (Å²) in [6.07, 6.45) is 3.84. The van der Waals surface area contributed by atoms with Crippen LogP contribution < -0.4 is 20.3 Å². The number of rotatable bonds is 10. The van der Waals surface area contributed by atoms with Gasteiger partial charge >= 0.3 is 6.61 Å². The first-order valence-corrected chi connectivity index (χ1v) is 10.4. The Bertz CT molecular complexity index is 1150. The molecule has 0 fully saturated rings. The number of nitrogens with zero attached hydrogens (tertiary/aromatic N) is 2. The van der Waals surface area contributed by atoms with Crippen molar-refractivity contribution in [1.29, 1.82) is 0 Å². The lowest BCUT2D eigenvalue weighted by Gasteiger charge is -2.13. The smallest absolute Gasteiger partial charge is 0.387 e. The quantitative estimate of drug-likeness (QED) is 0.452. The minimum Gasteiger partial charge on any atom is -0.493 e. The van der Waals surface area contributed by atoms with Crippen LogP contribution in [0.15, 0.2) is 47.3 Å².